The molecule has 2 fully saturated rings. The number of benzene rings is 1. The van der Waals surface area contributed by atoms with Gasteiger partial charge < -0.3 is 10.1 Å². The lowest BCUT2D eigenvalue weighted by Crippen LogP contribution is -2.29. The van der Waals surface area contributed by atoms with Crippen molar-refractivity contribution in [1.82, 2.24) is 5.32 Å². The van der Waals surface area contributed by atoms with Gasteiger partial charge in [-0.3, -0.25) is 0 Å². The van der Waals surface area contributed by atoms with E-state index in [0.29, 0.717) is 18.5 Å². The number of ether oxygens (including phenoxy) is 1. The average Bonchev–Trinajstić information content (AvgIpc) is 3.27. The van der Waals surface area contributed by atoms with Gasteiger partial charge in [0.2, 0.25) is 0 Å². The summed E-state index contributed by atoms with van der Waals surface area (Å²) >= 11 is 0. The molecule has 0 aromatic heterocycles. The van der Waals surface area contributed by atoms with E-state index in [1.54, 1.807) is 12.1 Å². The Morgan fingerprint density at radius 2 is 1.95 bits per heavy atom. The summed E-state index contributed by atoms with van der Waals surface area (Å²) < 4.78 is 19.7. The number of hydrogen-bond donors (Lipinski definition) is 1. The smallest absolute Gasteiger partial charge is 0.124 e. The molecular formula is C18H26FNO. The monoisotopic (exact) mass is 291 g/mol. The second-order valence-electron chi connectivity index (χ2n) is 6.91. The van der Waals surface area contributed by atoms with E-state index in [0.717, 1.165) is 30.1 Å². The van der Waals surface area contributed by atoms with Crippen molar-refractivity contribution in [3.05, 3.63) is 29.6 Å². The van der Waals surface area contributed by atoms with E-state index in [2.05, 4.69) is 19.2 Å². The van der Waals surface area contributed by atoms with Gasteiger partial charge in [-0.15, -0.1) is 0 Å². The molecule has 2 aliphatic carbocycles. The van der Waals surface area contributed by atoms with Gasteiger partial charge in [0.25, 0.3) is 0 Å². The lowest BCUT2D eigenvalue weighted by molar-refractivity contribution is 0.0995. The zero-order chi connectivity index (χ0) is 14.8. The summed E-state index contributed by atoms with van der Waals surface area (Å²) in [5, 5.41) is 3.45. The summed E-state index contributed by atoms with van der Waals surface area (Å²) in [4.78, 5) is 0. The van der Waals surface area contributed by atoms with E-state index in [9.17, 15) is 4.39 Å². The van der Waals surface area contributed by atoms with Crippen LogP contribution in [-0.4, -0.2) is 12.1 Å². The van der Waals surface area contributed by atoms with Gasteiger partial charge in [0.15, 0.2) is 0 Å². The van der Waals surface area contributed by atoms with Crippen LogP contribution in [0.2, 0.25) is 0 Å². The highest BCUT2D eigenvalue weighted by Gasteiger charge is 2.26. The Hall–Kier alpha value is -1.09. The zero-order valence-electron chi connectivity index (χ0n) is 13.1. The third kappa shape index (κ3) is 3.97. The van der Waals surface area contributed by atoms with Crippen molar-refractivity contribution in [1.29, 1.82) is 0 Å². The molecule has 116 valence electrons. The maximum absolute atomic E-state index is 13.5. The second-order valence-corrected chi connectivity index (χ2v) is 6.91. The molecule has 3 rings (SSSR count). The van der Waals surface area contributed by atoms with Crippen molar-refractivity contribution in [2.45, 2.75) is 64.6 Å². The Kier molecular flexibility index (Phi) is 4.48. The molecule has 0 spiro atoms. The Balaban J connectivity index is 1.65. The van der Waals surface area contributed by atoms with Gasteiger partial charge in [0.05, 0.1) is 6.10 Å². The first kappa shape index (κ1) is 14.8. The number of rotatable bonds is 5. The molecule has 2 aliphatic rings. The van der Waals surface area contributed by atoms with Crippen LogP contribution in [0, 0.1) is 17.7 Å². The van der Waals surface area contributed by atoms with Crippen molar-refractivity contribution >= 4 is 0 Å². The molecule has 0 aliphatic heterocycles. The minimum Gasteiger partial charge on any atom is -0.490 e. The molecule has 0 saturated heterocycles. The highest BCUT2D eigenvalue weighted by molar-refractivity contribution is 5.34. The molecule has 1 aromatic carbocycles. The van der Waals surface area contributed by atoms with Gasteiger partial charge in [-0.05, 0) is 62.1 Å². The van der Waals surface area contributed by atoms with Gasteiger partial charge in [0.1, 0.15) is 11.6 Å². The Bertz CT molecular complexity index is 486. The molecule has 1 N–H and O–H groups in total. The van der Waals surface area contributed by atoms with Crippen LogP contribution in [0.3, 0.4) is 0 Å². The fraction of sp³-hybridized carbons (Fsp3) is 0.667. The van der Waals surface area contributed by atoms with Crippen LogP contribution in [0.25, 0.3) is 0 Å². The topological polar surface area (TPSA) is 21.3 Å². The Morgan fingerprint density at radius 3 is 2.67 bits per heavy atom. The van der Waals surface area contributed by atoms with E-state index in [4.69, 9.17) is 4.74 Å². The van der Waals surface area contributed by atoms with Crippen LogP contribution in [0.15, 0.2) is 18.2 Å². The van der Waals surface area contributed by atoms with Crippen LogP contribution in [-0.2, 0) is 6.54 Å². The minimum atomic E-state index is -0.180. The predicted molar refractivity (Wildman–Crippen MR) is 82.9 cm³/mol. The maximum Gasteiger partial charge on any atom is 0.124 e. The number of halogens is 1. The second kappa shape index (κ2) is 6.35. The molecule has 0 heterocycles. The van der Waals surface area contributed by atoms with Crippen molar-refractivity contribution < 1.29 is 9.13 Å². The summed E-state index contributed by atoms with van der Waals surface area (Å²) in [7, 11) is 0. The van der Waals surface area contributed by atoms with Gasteiger partial charge in [-0.25, -0.2) is 4.39 Å². The van der Waals surface area contributed by atoms with E-state index in [1.165, 1.54) is 25.3 Å². The average molecular weight is 291 g/mol. The lowest BCUT2D eigenvalue weighted by atomic mass is 9.80. The van der Waals surface area contributed by atoms with Crippen molar-refractivity contribution in [2.75, 3.05) is 0 Å². The highest BCUT2D eigenvalue weighted by atomic mass is 19.1. The maximum atomic E-state index is 13.5. The first-order chi connectivity index (χ1) is 10.1. The first-order valence-corrected chi connectivity index (χ1v) is 8.30. The van der Waals surface area contributed by atoms with Crippen molar-refractivity contribution in [3.63, 3.8) is 0 Å². The van der Waals surface area contributed by atoms with Gasteiger partial charge in [-0.1, -0.05) is 13.8 Å². The van der Waals surface area contributed by atoms with E-state index < -0.39 is 0 Å². The molecule has 3 heteroatoms. The molecular weight excluding hydrogens is 265 g/mol. The molecule has 0 radical (unpaired) electrons. The summed E-state index contributed by atoms with van der Waals surface area (Å²) in [6.45, 7) is 5.33. The largest absolute Gasteiger partial charge is 0.490 e. The zero-order valence-corrected chi connectivity index (χ0v) is 13.1. The fourth-order valence-electron chi connectivity index (χ4n) is 3.13. The Labute approximate surface area is 127 Å². The van der Waals surface area contributed by atoms with E-state index >= 15 is 0 Å². The fourth-order valence-corrected chi connectivity index (χ4v) is 3.13. The van der Waals surface area contributed by atoms with Gasteiger partial charge >= 0.3 is 0 Å². The summed E-state index contributed by atoms with van der Waals surface area (Å²) in [6.07, 6.45) is 6.20. The summed E-state index contributed by atoms with van der Waals surface area (Å²) in [5.74, 6) is 2.17. The molecule has 21 heavy (non-hydrogen) atoms. The van der Waals surface area contributed by atoms with Crippen molar-refractivity contribution in [3.8, 4) is 5.75 Å². The minimum absolute atomic E-state index is 0.180. The van der Waals surface area contributed by atoms with E-state index in [-0.39, 0.29) is 11.9 Å². The first-order valence-electron chi connectivity index (χ1n) is 8.30. The molecule has 3 atom stereocenters. The van der Waals surface area contributed by atoms with Crippen LogP contribution in [0.4, 0.5) is 4.39 Å². The molecule has 3 unspecified atom stereocenters. The van der Waals surface area contributed by atoms with Gasteiger partial charge in [-0.2, -0.15) is 0 Å². The van der Waals surface area contributed by atoms with Crippen LogP contribution >= 0.6 is 0 Å². The van der Waals surface area contributed by atoms with Crippen LogP contribution in [0.1, 0.15) is 51.5 Å². The molecule has 0 bridgehead atoms. The standard InChI is InChI=1S/C18H26FNO/c1-12-3-7-17(9-13(12)2)21-18-8-4-15(19)10-14(18)11-20-16-5-6-16/h4,8,10,12-13,16-17,20H,3,5-7,9,11H2,1-2H3. The molecule has 1 aromatic rings. The third-order valence-electron chi connectivity index (χ3n) is 5.02. The van der Waals surface area contributed by atoms with Gasteiger partial charge in [0, 0.05) is 18.2 Å². The van der Waals surface area contributed by atoms with E-state index in [1.807, 2.05) is 0 Å². The Morgan fingerprint density at radius 1 is 1.14 bits per heavy atom. The SMILES string of the molecule is CC1CCC(Oc2ccc(F)cc2CNC2CC2)CC1C. The number of nitrogens with one attached hydrogen (secondary N) is 1. The number of hydrogen-bond acceptors (Lipinski definition) is 2. The molecule has 0 amide bonds. The predicted octanol–water partition coefficient (Wildman–Crippen LogP) is 4.28. The highest BCUT2D eigenvalue weighted by Crippen LogP contribution is 2.33. The molecule has 2 saturated carbocycles. The summed E-state index contributed by atoms with van der Waals surface area (Å²) in [5.41, 5.74) is 0.952. The normalized spacial score (nSPS) is 29.4. The third-order valence-corrected chi connectivity index (χ3v) is 5.02. The summed E-state index contributed by atoms with van der Waals surface area (Å²) in [6, 6.07) is 5.53. The quantitative estimate of drug-likeness (QED) is 0.874. The molecule has 2 nitrogen and oxygen atoms in total. The van der Waals surface area contributed by atoms with Crippen molar-refractivity contribution in [2.24, 2.45) is 11.8 Å². The lowest BCUT2D eigenvalue weighted by Gasteiger charge is -2.32. The van der Waals surface area contributed by atoms with Crippen LogP contribution < -0.4 is 10.1 Å². The van der Waals surface area contributed by atoms with Crippen LogP contribution in [0.5, 0.6) is 5.75 Å².